The molecule has 2 saturated heterocycles. The highest BCUT2D eigenvalue weighted by atomic mass is 19.1. The lowest BCUT2D eigenvalue weighted by Gasteiger charge is -2.36. The lowest BCUT2D eigenvalue weighted by Crippen LogP contribution is -2.47. The number of nitrogens with zero attached hydrogens (tertiary/aromatic N) is 3. The van der Waals surface area contributed by atoms with Gasteiger partial charge in [-0.1, -0.05) is 13.3 Å². The van der Waals surface area contributed by atoms with Gasteiger partial charge in [0.2, 0.25) is 5.91 Å². The monoisotopic (exact) mass is 389 g/mol. The van der Waals surface area contributed by atoms with Crippen LogP contribution in [0.15, 0.2) is 24.3 Å². The van der Waals surface area contributed by atoms with Crippen LogP contribution in [0.3, 0.4) is 0 Å². The number of carbonyl (C=O) groups is 1. The van der Waals surface area contributed by atoms with E-state index in [4.69, 9.17) is 4.74 Å². The van der Waals surface area contributed by atoms with Crippen LogP contribution in [0.25, 0.3) is 0 Å². The zero-order valence-corrected chi connectivity index (χ0v) is 16.9. The predicted molar refractivity (Wildman–Crippen MR) is 107 cm³/mol. The number of benzene rings is 1. The summed E-state index contributed by atoms with van der Waals surface area (Å²) >= 11 is 0. The lowest BCUT2D eigenvalue weighted by molar-refractivity contribution is -0.135. The van der Waals surface area contributed by atoms with E-state index in [0.717, 1.165) is 51.7 Å². The summed E-state index contributed by atoms with van der Waals surface area (Å²) in [6.07, 6.45) is 5.74. The van der Waals surface area contributed by atoms with E-state index >= 15 is 0 Å². The van der Waals surface area contributed by atoms with Crippen molar-refractivity contribution in [2.75, 3.05) is 39.3 Å². The number of hydrogen-bond acceptors (Lipinski definition) is 4. The molecule has 3 fully saturated rings. The number of halogens is 1. The Morgan fingerprint density at radius 1 is 1.11 bits per heavy atom. The molecule has 0 N–H and O–H groups in total. The molecule has 0 bridgehead atoms. The van der Waals surface area contributed by atoms with Gasteiger partial charge in [-0.2, -0.15) is 0 Å². The number of likely N-dealkylation sites (N-methyl/N-ethyl adjacent to an activating group) is 1. The van der Waals surface area contributed by atoms with Crippen molar-refractivity contribution in [1.82, 2.24) is 14.7 Å². The smallest absolute Gasteiger partial charge is 0.240 e. The molecule has 2 aliphatic heterocycles. The van der Waals surface area contributed by atoms with E-state index in [1.54, 1.807) is 12.1 Å². The largest absolute Gasteiger partial charge is 0.489 e. The highest BCUT2D eigenvalue weighted by Gasteiger charge is 2.39. The fourth-order valence-corrected chi connectivity index (χ4v) is 4.74. The van der Waals surface area contributed by atoms with Crippen LogP contribution in [-0.4, -0.2) is 78.1 Å². The van der Waals surface area contributed by atoms with Crippen LogP contribution in [-0.2, 0) is 4.79 Å². The van der Waals surface area contributed by atoms with Crippen molar-refractivity contribution in [2.45, 2.75) is 57.2 Å². The van der Waals surface area contributed by atoms with Crippen LogP contribution in [0.1, 0.15) is 39.0 Å². The molecule has 1 aliphatic carbocycles. The minimum Gasteiger partial charge on any atom is -0.489 e. The van der Waals surface area contributed by atoms with E-state index in [1.165, 1.54) is 31.4 Å². The first kappa shape index (κ1) is 19.6. The van der Waals surface area contributed by atoms with Gasteiger partial charge in [0.05, 0.1) is 6.04 Å². The molecule has 6 heteroatoms. The van der Waals surface area contributed by atoms with Gasteiger partial charge in [-0.25, -0.2) is 4.39 Å². The van der Waals surface area contributed by atoms with Gasteiger partial charge >= 0.3 is 0 Å². The first-order chi connectivity index (χ1) is 13.6. The fourth-order valence-electron chi connectivity index (χ4n) is 4.74. The third-order valence-corrected chi connectivity index (χ3v) is 6.61. The summed E-state index contributed by atoms with van der Waals surface area (Å²) in [6, 6.07) is 6.79. The number of amides is 1. The molecule has 1 amide bonds. The Bertz CT molecular complexity index is 664. The first-order valence-electron chi connectivity index (χ1n) is 10.8. The Labute approximate surface area is 167 Å². The van der Waals surface area contributed by atoms with Crippen molar-refractivity contribution in [1.29, 1.82) is 0 Å². The van der Waals surface area contributed by atoms with Gasteiger partial charge in [0.1, 0.15) is 17.7 Å². The second-order valence-electron chi connectivity index (χ2n) is 8.33. The molecule has 2 unspecified atom stereocenters. The van der Waals surface area contributed by atoms with Crippen molar-refractivity contribution in [3.63, 3.8) is 0 Å². The first-order valence-corrected chi connectivity index (χ1v) is 10.8. The number of rotatable bonds is 5. The molecule has 5 nitrogen and oxygen atoms in total. The maximum atomic E-state index is 13.3. The Hall–Kier alpha value is -1.66. The SMILES string of the molecule is CCN1CC(Oc2ccc(F)cc2)CC1C(=O)N1CCCN(C2CCC2)CC1. The van der Waals surface area contributed by atoms with Crippen molar-refractivity contribution in [2.24, 2.45) is 0 Å². The van der Waals surface area contributed by atoms with Crippen molar-refractivity contribution in [3.05, 3.63) is 30.1 Å². The maximum absolute atomic E-state index is 13.3. The topological polar surface area (TPSA) is 36.0 Å². The third kappa shape index (κ3) is 4.33. The van der Waals surface area contributed by atoms with E-state index in [9.17, 15) is 9.18 Å². The summed E-state index contributed by atoms with van der Waals surface area (Å²) < 4.78 is 19.1. The summed E-state index contributed by atoms with van der Waals surface area (Å²) in [5, 5.41) is 0. The average Bonchev–Trinajstić information content (AvgIpc) is 2.91. The van der Waals surface area contributed by atoms with Gasteiger partial charge < -0.3 is 9.64 Å². The standard InChI is InChI=1S/C22H32FN3O2/c1-2-24-16-20(28-19-9-7-17(23)8-10-19)15-21(24)22(27)26-12-4-11-25(13-14-26)18-5-3-6-18/h7-10,18,20-21H,2-6,11-16H2,1H3. The Balaban J connectivity index is 1.35. The molecule has 0 spiro atoms. The minimum absolute atomic E-state index is 0.0298. The molecule has 2 heterocycles. The van der Waals surface area contributed by atoms with Crippen molar-refractivity contribution >= 4 is 5.91 Å². The maximum Gasteiger partial charge on any atom is 0.240 e. The second kappa shape index (κ2) is 8.78. The van der Waals surface area contributed by atoms with Gasteiger partial charge in [0.25, 0.3) is 0 Å². The molecule has 0 aromatic heterocycles. The summed E-state index contributed by atoms with van der Waals surface area (Å²) in [6.45, 7) is 7.50. The van der Waals surface area contributed by atoms with Crippen LogP contribution >= 0.6 is 0 Å². The van der Waals surface area contributed by atoms with Crippen LogP contribution in [0, 0.1) is 5.82 Å². The van der Waals surface area contributed by atoms with Crippen LogP contribution in [0.2, 0.25) is 0 Å². The molecule has 1 aromatic carbocycles. The van der Waals surface area contributed by atoms with Gasteiger partial charge in [-0.05, 0) is 50.1 Å². The van der Waals surface area contributed by atoms with Gasteiger partial charge in [0, 0.05) is 45.2 Å². The number of hydrogen-bond donors (Lipinski definition) is 0. The van der Waals surface area contributed by atoms with E-state index in [2.05, 4.69) is 21.6 Å². The Morgan fingerprint density at radius 2 is 1.89 bits per heavy atom. The Kier molecular flexibility index (Phi) is 6.16. The molecule has 1 saturated carbocycles. The third-order valence-electron chi connectivity index (χ3n) is 6.61. The van der Waals surface area contributed by atoms with Gasteiger partial charge in [-0.15, -0.1) is 0 Å². The van der Waals surface area contributed by atoms with E-state index in [1.807, 2.05) is 0 Å². The van der Waals surface area contributed by atoms with Crippen LogP contribution in [0.5, 0.6) is 5.75 Å². The van der Waals surface area contributed by atoms with Gasteiger partial charge in [0.15, 0.2) is 0 Å². The van der Waals surface area contributed by atoms with Crippen molar-refractivity contribution < 1.29 is 13.9 Å². The molecular weight excluding hydrogens is 357 g/mol. The summed E-state index contributed by atoms with van der Waals surface area (Å²) in [5.74, 6) is 0.656. The van der Waals surface area contributed by atoms with Crippen LogP contribution in [0.4, 0.5) is 4.39 Å². The fraction of sp³-hybridized carbons (Fsp3) is 0.682. The summed E-state index contributed by atoms with van der Waals surface area (Å²) in [4.78, 5) is 20.2. The molecule has 28 heavy (non-hydrogen) atoms. The molecule has 1 aromatic rings. The quantitative estimate of drug-likeness (QED) is 0.776. The average molecular weight is 390 g/mol. The minimum atomic E-state index is -0.265. The van der Waals surface area contributed by atoms with E-state index in [0.29, 0.717) is 12.2 Å². The molecule has 2 atom stereocenters. The second-order valence-corrected chi connectivity index (χ2v) is 8.33. The van der Waals surface area contributed by atoms with Crippen LogP contribution < -0.4 is 4.74 Å². The van der Waals surface area contributed by atoms with E-state index in [-0.39, 0.29) is 23.9 Å². The summed E-state index contributed by atoms with van der Waals surface area (Å²) in [7, 11) is 0. The molecule has 4 rings (SSSR count). The summed E-state index contributed by atoms with van der Waals surface area (Å²) in [5.41, 5.74) is 0. The highest BCUT2D eigenvalue weighted by Crippen LogP contribution is 2.27. The molecule has 154 valence electrons. The predicted octanol–water partition coefficient (Wildman–Crippen LogP) is 2.75. The molecular formula is C22H32FN3O2. The van der Waals surface area contributed by atoms with E-state index < -0.39 is 0 Å². The lowest BCUT2D eigenvalue weighted by atomic mass is 9.91. The molecule has 3 aliphatic rings. The number of carbonyl (C=O) groups excluding carboxylic acids is 1. The zero-order valence-electron chi connectivity index (χ0n) is 16.9. The molecule has 0 radical (unpaired) electrons. The number of likely N-dealkylation sites (tertiary alicyclic amines) is 1. The van der Waals surface area contributed by atoms with Gasteiger partial charge in [-0.3, -0.25) is 14.6 Å². The zero-order chi connectivity index (χ0) is 19.5. The van der Waals surface area contributed by atoms with Crippen molar-refractivity contribution in [3.8, 4) is 5.75 Å². The number of ether oxygens (including phenoxy) is 1. The highest BCUT2D eigenvalue weighted by molar-refractivity contribution is 5.82. The Morgan fingerprint density at radius 3 is 2.57 bits per heavy atom. The normalized spacial score (nSPS) is 27.4.